The van der Waals surface area contributed by atoms with E-state index in [2.05, 4.69) is 4.99 Å². The molecule has 1 heterocycles. The number of rotatable bonds is 5. The van der Waals surface area contributed by atoms with Crippen molar-refractivity contribution in [3.05, 3.63) is 69.1 Å². The second-order valence-electron chi connectivity index (χ2n) is 5.01. The van der Waals surface area contributed by atoms with Crippen LogP contribution >= 0.6 is 23.7 Å². The predicted molar refractivity (Wildman–Crippen MR) is 106 cm³/mol. The Morgan fingerprint density at radius 3 is 2.15 bits per heavy atom. The molecule has 0 bridgehead atoms. The van der Waals surface area contributed by atoms with Gasteiger partial charge in [-0.05, 0) is 60.3 Å². The van der Waals surface area contributed by atoms with E-state index in [9.17, 15) is 10.1 Å². The molecular weight excluding hydrogens is 374 g/mol. The van der Waals surface area contributed by atoms with E-state index in [1.807, 2.05) is 52.8 Å². The van der Waals surface area contributed by atoms with Gasteiger partial charge in [0.2, 0.25) is 0 Å². The minimum atomic E-state index is -0.460. The van der Waals surface area contributed by atoms with Gasteiger partial charge < -0.3 is 9.47 Å². The number of nitrogens with zero attached hydrogens (tertiary/aromatic N) is 3. The van der Waals surface area contributed by atoms with Gasteiger partial charge in [-0.3, -0.25) is 14.4 Å². The lowest BCUT2D eigenvalue weighted by Gasteiger charge is -2.16. The Kier molecular flexibility index (Phi) is 5.69. The average molecular weight is 389 g/mol. The zero-order valence-corrected chi connectivity index (χ0v) is 15.6. The molecule has 26 heavy (non-hydrogen) atoms. The maximum atomic E-state index is 10.8. The molecule has 2 aromatic rings. The lowest BCUT2D eigenvalue weighted by Crippen LogP contribution is -2.14. The molecule has 2 aromatic carbocycles. The molecule has 0 unspecified atom stereocenters. The summed E-state index contributed by atoms with van der Waals surface area (Å²) in [7, 11) is 3.20. The summed E-state index contributed by atoms with van der Waals surface area (Å²) in [5, 5.41) is 11.5. The Labute approximate surface area is 159 Å². The summed E-state index contributed by atoms with van der Waals surface area (Å²) >= 11 is 2.51. The van der Waals surface area contributed by atoms with E-state index in [1.165, 1.54) is 23.7 Å². The third kappa shape index (κ3) is 4.30. The zero-order chi connectivity index (χ0) is 18.5. The van der Waals surface area contributed by atoms with E-state index in [4.69, 9.17) is 9.47 Å². The van der Waals surface area contributed by atoms with E-state index in [-0.39, 0.29) is 0 Å². The molecule has 0 N–H and O–H groups in total. The Morgan fingerprint density at radius 1 is 1.04 bits per heavy atom. The molecular formula is C17H15N3O4S2. The van der Waals surface area contributed by atoms with Gasteiger partial charge in [0.05, 0.1) is 30.5 Å². The first-order chi connectivity index (χ1) is 12.6. The monoisotopic (exact) mass is 389 g/mol. The summed E-state index contributed by atoms with van der Waals surface area (Å²) in [4.78, 5) is 15.0. The Morgan fingerprint density at radius 2 is 1.62 bits per heavy atom. The molecule has 1 aliphatic heterocycles. The standard InChI is InChI=1S/C17H15N3O4S2/c1-23-14-7-3-12(4-8-14)18-17-20(26-16(25-17)11-19(21)22)13-5-9-15(24-2)10-6-13/h3-11H,1-2H3/b16-11-,18-17?. The number of thioether (sulfide) groups is 1. The fourth-order valence-corrected chi connectivity index (χ4v) is 4.27. The maximum absolute atomic E-state index is 10.8. The van der Waals surface area contributed by atoms with Crippen LogP contribution in [0.5, 0.6) is 11.5 Å². The molecule has 0 radical (unpaired) electrons. The number of amidine groups is 1. The van der Waals surface area contributed by atoms with Gasteiger partial charge in [-0.15, -0.1) is 0 Å². The maximum Gasteiger partial charge on any atom is 0.256 e. The summed E-state index contributed by atoms with van der Waals surface area (Å²) in [5.41, 5.74) is 1.58. The summed E-state index contributed by atoms with van der Waals surface area (Å²) in [6.07, 6.45) is 0.988. The summed E-state index contributed by atoms with van der Waals surface area (Å²) < 4.78 is 12.7. The quantitative estimate of drug-likeness (QED) is 0.418. The topological polar surface area (TPSA) is 77.2 Å². The van der Waals surface area contributed by atoms with Gasteiger partial charge in [0.1, 0.15) is 15.7 Å². The Bertz CT molecular complexity index is 851. The predicted octanol–water partition coefficient (Wildman–Crippen LogP) is 4.67. The second kappa shape index (κ2) is 8.15. The van der Waals surface area contributed by atoms with E-state index < -0.39 is 4.92 Å². The zero-order valence-electron chi connectivity index (χ0n) is 14.0. The first-order valence-corrected chi connectivity index (χ1v) is 9.06. The Hall–Kier alpha value is -2.65. The molecule has 9 heteroatoms. The number of anilines is 1. The van der Waals surface area contributed by atoms with Crippen molar-refractivity contribution in [2.45, 2.75) is 0 Å². The number of methoxy groups -OCH3 is 2. The third-order valence-corrected chi connectivity index (χ3v) is 5.57. The van der Waals surface area contributed by atoms with Crippen molar-refractivity contribution in [2.75, 3.05) is 18.5 Å². The lowest BCUT2D eigenvalue weighted by atomic mass is 10.3. The highest BCUT2D eigenvalue weighted by Crippen LogP contribution is 2.46. The van der Waals surface area contributed by atoms with Crippen molar-refractivity contribution in [1.82, 2.24) is 0 Å². The van der Waals surface area contributed by atoms with Gasteiger partial charge in [0, 0.05) is 11.9 Å². The molecule has 0 aliphatic carbocycles. The Balaban J connectivity index is 1.94. The third-order valence-electron chi connectivity index (χ3n) is 3.36. The molecule has 7 nitrogen and oxygen atoms in total. The van der Waals surface area contributed by atoms with Crippen molar-refractivity contribution in [3.8, 4) is 11.5 Å². The number of hydrogen-bond acceptors (Lipinski definition) is 7. The second-order valence-corrected chi connectivity index (χ2v) is 7.27. The number of ether oxygens (including phenoxy) is 2. The molecule has 0 aromatic heterocycles. The van der Waals surface area contributed by atoms with Crippen LogP contribution in [0.4, 0.5) is 11.4 Å². The summed E-state index contributed by atoms with van der Waals surface area (Å²) in [5.74, 6) is 1.48. The van der Waals surface area contributed by atoms with Crippen LogP contribution in [0.2, 0.25) is 0 Å². The molecule has 0 spiro atoms. The molecule has 134 valence electrons. The van der Waals surface area contributed by atoms with E-state index in [0.29, 0.717) is 9.40 Å². The van der Waals surface area contributed by atoms with Crippen LogP contribution in [0, 0.1) is 10.1 Å². The molecule has 0 amide bonds. The summed E-state index contributed by atoms with van der Waals surface area (Å²) in [6, 6.07) is 14.7. The van der Waals surface area contributed by atoms with E-state index in [0.717, 1.165) is 29.1 Å². The van der Waals surface area contributed by atoms with Crippen molar-refractivity contribution in [2.24, 2.45) is 4.99 Å². The van der Waals surface area contributed by atoms with Gasteiger partial charge in [0.15, 0.2) is 5.17 Å². The van der Waals surface area contributed by atoms with E-state index >= 15 is 0 Å². The van der Waals surface area contributed by atoms with Crippen LogP contribution in [0.25, 0.3) is 0 Å². The SMILES string of the molecule is COc1ccc(N=C2S/C(=C/[N+](=O)[O-])SN2c2ccc(OC)cc2)cc1. The smallest absolute Gasteiger partial charge is 0.256 e. The van der Waals surface area contributed by atoms with Gasteiger partial charge in [-0.2, -0.15) is 0 Å². The molecule has 3 rings (SSSR count). The molecule has 1 fully saturated rings. The highest BCUT2D eigenvalue weighted by atomic mass is 32.2. The van der Waals surface area contributed by atoms with Crippen molar-refractivity contribution in [3.63, 3.8) is 0 Å². The molecule has 1 aliphatic rings. The first kappa shape index (κ1) is 18.2. The lowest BCUT2D eigenvalue weighted by molar-refractivity contribution is -0.402. The van der Waals surface area contributed by atoms with Crippen LogP contribution in [-0.4, -0.2) is 24.3 Å². The fourth-order valence-electron chi connectivity index (χ4n) is 2.13. The highest BCUT2D eigenvalue weighted by Gasteiger charge is 2.29. The van der Waals surface area contributed by atoms with E-state index in [1.54, 1.807) is 14.2 Å². The van der Waals surface area contributed by atoms with Crippen LogP contribution in [0.15, 0.2) is 64.0 Å². The first-order valence-electron chi connectivity index (χ1n) is 7.47. The number of hydrogen-bond donors (Lipinski definition) is 0. The van der Waals surface area contributed by atoms with Gasteiger partial charge in [-0.1, -0.05) is 0 Å². The van der Waals surface area contributed by atoms with Crippen LogP contribution < -0.4 is 13.8 Å². The highest BCUT2D eigenvalue weighted by molar-refractivity contribution is 8.35. The van der Waals surface area contributed by atoms with Gasteiger partial charge in [0.25, 0.3) is 6.20 Å². The fraction of sp³-hybridized carbons (Fsp3) is 0.118. The van der Waals surface area contributed by atoms with Crippen molar-refractivity contribution >= 4 is 40.3 Å². The van der Waals surface area contributed by atoms with Crippen molar-refractivity contribution in [1.29, 1.82) is 0 Å². The van der Waals surface area contributed by atoms with Crippen molar-refractivity contribution < 1.29 is 14.4 Å². The minimum Gasteiger partial charge on any atom is -0.497 e. The average Bonchev–Trinajstić information content (AvgIpc) is 3.04. The van der Waals surface area contributed by atoms with Crippen LogP contribution in [-0.2, 0) is 0 Å². The molecule has 0 saturated carbocycles. The minimum absolute atomic E-state index is 0.460. The summed E-state index contributed by atoms with van der Waals surface area (Å²) in [6.45, 7) is 0. The van der Waals surface area contributed by atoms with Crippen LogP contribution in [0.3, 0.4) is 0 Å². The number of aliphatic imine (C=N–C) groups is 1. The largest absolute Gasteiger partial charge is 0.497 e. The molecule has 0 atom stereocenters. The number of nitro groups is 1. The van der Waals surface area contributed by atoms with Gasteiger partial charge >= 0.3 is 0 Å². The van der Waals surface area contributed by atoms with Crippen LogP contribution in [0.1, 0.15) is 0 Å². The molecule has 1 saturated heterocycles. The number of benzene rings is 2. The van der Waals surface area contributed by atoms with Gasteiger partial charge in [-0.25, -0.2) is 4.99 Å². The normalized spacial score (nSPS) is 16.9.